The number of nitrogens with one attached hydrogen (secondary N) is 2. The van der Waals surface area contributed by atoms with Crippen LogP contribution >= 0.6 is 0 Å². The number of carbonyl (C=O) groups excluding carboxylic acids is 2. The maximum absolute atomic E-state index is 12.1. The van der Waals surface area contributed by atoms with E-state index in [9.17, 15) is 9.59 Å². The van der Waals surface area contributed by atoms with Crippen molar-refractivity contribution in [1.29, 1.82) is 0 Å². The van der Waals surface area contributed by atoms with Crippen LogP contribution < -0.4 is 15.6 Å². The summed E-state index contributed by atoms with van der Waals surface area (Å²) in [6, 6.07) is 7.90. The highest BCUT2D eigenvalue weighted by Gasteiger charge is 2.19. The van der Waals surface area contributed by atoms with Crippen molar-refractivity contribution in [2.75, 3.05) is 23.3 Å². The smallest absolute Gasteiger partial charge is 0.271 e. The van der Waals surface area contributed by atoms with Crippen LogP contribution in [0, 0.1) is 5.92 Å². The first-order valence-corrected chi connectivity index (χ1v) is 8.13. The Hall–Kier alpha value is -2.37. The SMILES string of the molecule is CC1CCN(c2ccc(NC(=O)C3=NNC(=O)CC3)cc2)CC1. The van der Waals surface area contributed by atoms with E-state index in [0.717, 1.165) is 24.7 Å². The van der Waals surface area contributed by atoms with Gasteiger partial charge in [0.15, 0.2) is 0 Å². The number of anilines is 2. The second-order valence-electron chi connectivity index (χ2n) is 6.26. The van der Waals surface area contributed by atoms with E-state index in [1.54, 1.807) is 0 Å². The molecule has 1 saturated heterocycles. The second kappa shape index (κ2) is 6.81. The number of rotatable bonds is 3. The van der Waals surface area contributed by atoms with Crippen LogP contribution in [0.25, 0.3) is 0 Å². The number of benzene rings is 1. The quantitative estimate of drug-likeness (QED) is 0.897. The molecule has 23 heavy (non-hydrogen) atoms. The van der Waals surface area contributed by atoms with Gasteiger partial charge in [-0.3, -0.25) is 9.59 Å². The maximum atomic E-state index is 12.1. The molecule has 6 nitrogen and oxygen atoms in total. The molecular weight excluding hydrogens is 292 g/mol. The van der Waals surface area contributed by atoms with Crippen LogP contribution in [-0.2, 0) is 9.59 Å². The monoisotopic (exact) mass is 314 g/mol. The zero-order valence-corrected chi connectivity index (χ0v) is 13.3. The maximum Gasteiger partial charge on any atom is 0.271 e. The predicted molar refractivity (Wildman–Crippen MR) is 90.5 cm³/mol. The van der Waals surface area contributed by atoms with E-state index in [2.05, 4.69) is 27.7 Å². The Morgan fingerprint density at radius 1 is 1.22 bits per heavy atom. The third kappa shape index (κ3) is 3.88. The summed E-state index contributed by atoms with van der Waals surface area (Å²) in [4.78, 5) is 25.5. The van der Waals surface area contributed by atoms with E-state index in [-0.39, 0.29) is 11.8 Å². The molecule has 2 aliphatic heterocycles. The zero-order valence-electron chi connectivity index (χ0n) is 13.3. The molecule has 0 aliphatic carbocycles. The molecule has 0 spiro atoms. The summed E-state index contributed by atoms with van der Waals surface area (Å²) < 4.78 is 0. The molecule has 6 heteroatoms. The largest absolute Gasteiger partial charge is 0.372 e. The molecule has 2 N–H and O–H groups in total. The highest BCUT2D eigenvalue weighted by Crippen LogP contribution is 2.24. The Morgan fingerprint density at radius 2 is 1.91 bits per heavy atom. The predicted octanol–water partition coefficient (Wildman–Crippen LogP) is 2.13. The van der Waals surface area contributed by atoms with Gasteiger partial charge in [-0.2, -0.15) is 5.10 Å². The van der Waals surface area contributed by atoms with Crippen molar-refractivity contribution < 1.29 is 9.59 Å². The highest BCUT2D eigenvalue weighted by atomic mass is 16.2. The van der Waals surface area contributed by atoms with E-state index in [4.69, 9.17) is 0 Å². The van der Waals surface area contributed by atoms with Gasteiger partial charge in [0, 0.05) is 37.3 Å². The minimum Gasteiger partial charge on any atom is -0.372 e. The van der Waals surface area contributed by atoms with E-state index in [1.165, 1.54) is 18.5 Å². The third-order valence-electron chi connectivity index (χ3n) is 4.44. The lowest BCUT2D eigenvalue weighted by molar-refractivity contribution is -0.121. The van der Waals surface area contributed by atoms with Crippen LogP contribution in [-0.4, -0.2) is 30.6 Å². The summed E-state index contributed by atoms with van der Waals surface area (Å²) in [6.45, 7) is 4.47. The van der Waals surface area contributed by atoms with Gasteiger partial charge in [0.25, 0.3) is 5.91 Å². The van der Waals surface area contributed by atoms with E-state index < -0.39 is 0 Å². The lowest BCUT2D eigenvalue weighted by Gasteiger charge is -2.32. The van der Waals surface area contributed by atoms with Crippen LogP contribution in [0.1, 0.15) is 32.6 Å². The molecule has 0 atom stereocenters. The molecule has 0 saturated carbocycles. The summed E-state index contributed by atoms with van der Waals surface area (Å²) in [5, 5.41) is 6.63. The van der Waals surface area contributed by atoms with Crippen molar-refractivity contribution >= 4 is 28.9 Å². The fourth-order valence-corrected chi connectivity index (χ4v) is 2.86. The molecule has 2 amide bonds. The zero-order chi connectivity index (χ0) is 16.2. The lowest BCUT2D eigenvalue weighted by Crippen LogP contribution is -2.33. The van der Waals surface area contributed by atoms with Crippen LogP contribution in [0.15, 0.2) is 29.4 Å². The van der Waals surface area contributed by atoms with E-state index >= 15 is 0 Å². The molecule has 2 heterocycles. The van der Waals surface area contributed by atoms with Crippen LogP contribution in [0.2, 0.25) is 0 Å². The first-order valence-electron chi connectivity index (χ1n) is 8.13. The molecule has 0 aromatic heterocycles. The van der Waals surface area contributed by atoms with Gasteiger partial charge in [-0.15, -0.1) is 0 Å². The Bertz CT molecular complexity index is 616. The Balaban J connectivity index is 1.59. The summed E-state index contributed by atoms with van der Waals surface area (Å²) >= 11 is 0. The Morgan fingerprint density at radius 3 is 2.52 bits per heavy atom. The highest BCUT2D eigenvalue weighted by molar-refractivity contribution is 6.43. The van der Waals surface area contributed by atoms with Gasteiger partial charge in [0.2, 0.25) is 5.91 Å². The van der Waals surface area contributed by atoms with Gasteiger partial charge >= 0.3 is 0 Å². The van der Waals surface area contributed by atoms with Crippen LogP contribution in [0.3, 0.4) is 0 Å². The van der Waals surface area contributed by atoms with Gasteiger partial charge in [-0.25, -0.2) is 5.43 Å². The standard InChI is InChI=1S/C17H22N4O2/c1-12-8-10-21(11-9-12)14-4-2-13(3-5-14)18-17(23)15-6-7-16(22)20-19-15/h2-5,12H,6-11H2,1H3,(H,18,23)(H,20,22). The Labute approximate surface area is 135 Å². The van der Waals surface area contributed by atoms with Crippen molar-refractivity contribution in [2.45, 2.75) is 32.6 Å². The van der Waals surface area contributed by atoms with Crippen molar-refractivity contribution in [3.8, 4) is 0 Å². The molecule has 1 aromatic rings. The first-order chi connectivity index (χ1) is 11.1. The summed E-state index contributed by atoms with van der Waals surface area (Å²) in [6.07, 6.45) is 3.13. The number of nitrogens with zero attached hydrogens (tertiary/aromatic N) is 2. The van der Waals surface area contributed by atoms with Crippen molar-refractivity contribution in [1.82, 2.24) is 5.43 Å². The number of piperidine rings is 1. The number of hydrogen-bond donors (Lipinski definition) is 2. The topological polar surface area (TPSA) is 73.8 Å². The average molecular weight is 314 g/mol. The molecule has 122 valence electrons. The van der Waals surface area contributed by atoms with E-state index in [0.29, 0.717) is 18.6 Å². The Kier molecular flexibility index (Phi) is 4.60. The van der Waals surface area contributed by atoms with Crippen molar-refractivity contribution in [3.63, 3.8) is 0 Å². The first kappa shape index (κ1) is 15.5. The molecule has 0 radical (unpaired) electrons. The molecule has 1 fully saturated rings. The van der Waals surface area contributed by atoms with Gasteiger partial charge in [0.05, 0.1) is 0 Å². The third-order valence-corrected chi connectivity index (χ3v) is 4.44. The molecule has 3 rings (SSSR count). The van der Waals surface area contributed by atoms with Crippen molar-refractivity contribution in [2.24, 2.45) is 11.0 Å². The minimum absolute atomic E-state index is 0.151. The van der Waals surface area contributed by atoms with E-state index in [1.807, 2.05) is 24.3 Å². The molecular formula is C17H22N4O2. The summed E-state index contributed by atoms with van der Waals surface area (Å²) in [5.74, 6) is 0.396. The molecule has 0 bridgehead atoms. The summed E-state index contributed by atoms with van der Waals surface area (Å²) in [5.41, 5.74) is 4.63. The fraction of sp³-hybridized carbons (Fsp3) is 0.471. The molecule has 0 unspecified atom stereocenters. The lowest BCUT2D eigenvalue weighted by atomic mass is 9.99. The van der Waals surface area contributed by atoms with Gasteiger partial charge in [-0.1, -0.05) is 6.92 Å². The van der Waals surface area contributed by atoms with Crippen molar-refractivity contribution in [3.05, 3.63) is 24.3 Å². The van der Waals surface area contributed by atoms with Crippen LogP contribution in [0.5, 0.6) is 0 Å². The normalized spacial score (nSPS) is 19.1. The number of carbonyl (C=O) groups is 2. The number of hydrogen-bond acceptors (Lipinski definition) is 4. The minimum atomic E-state index is -0.260. The number of hydrazone groups is 1. The fourth-order valence-electron chi connectivity index (χ4n) is 2.86. The molecule has 2 aliphatic rings. The van der Waals surface area contributed by atoms with Gasteiger partial charge in [-0.05, 0) is 43.0 Å². The van der Waals surface area contributed by atoms with Gasteiger partial charge < -0.3 is 10.2 Å². The molecule has 1 aromatic carbocycles. The average Bonchev–Trinajstić information content (AvgIpc) is 2.57. The second-order valence-corrected chi connectivity index (χ2v) is 6.26. The summed E-state index contributed by atoms with van der Waals surface area (Å²) in [7, 11) is 0. The van der Waals surface area contributed by atoms with Gasteiger partial charge in [0.1, 0.15) is 5.71 Å². The van der Waals surface area contributed by atoms with Crippen LogP contribution in [0.4, 0.5) is 11.4 Å². The number of amides is 2.